The lowest BCUT2D eigenvalue weighted by molar-refractivity contribution is 0.214. The lowest BCUT2D eigenvalue weighted by Crippen LogP contribution is -2.44. The fourth-order valence-corrected chi connectivity index (χ4v) is 2.90. The van der Waals surface area contributed by atoms with Crippen LogP contribution in [0.15, 0.2) is 18.2 Å². The zero-order valence-corrected chi connectivity index (χ0v) is 10.4. The predicted octanol–water partition coefficient (Wildman–Crippen LogP) is 2.36. The molecule has 0 saturated carbocycles. The van der Waals surface area contributed by atoms with Gasteiger partial charge in [0.05, 0.1) is 5.69 Å². The van der Waals surface area contributed by atoms with Gasteiger partial charge in [0.1, 0.15) is 5.75 Å². The summed E-state index contributed by atoms with van der Waals surface area (Å²) in [5, 5.41) is 10.0. The Morgan fingerprint density at radius 3 is 2.67 bits per heavy atom. The largest absolute Gasteiger partial charge is 0.506 e. The number of phenols is 1. The lowest BCUT2D eigenvalue weighted by atomic mass is 10.0. The monoisotopic (exact) mass is 246 g/mol. The Bertz CT molecular complexity index is 467. The third-order valence-corrected chi connectivity index (χ3v) is 3.80. The van der Waals surface area contributed by atoms with Crippen LogP contribution >= 0.6 is 0 Å². The fourth-order valence-electron chi connectivity index (χ4n) is 2.90. The molecule has 1 aromatic carbocycles. The van der Waals surface area contributed by atoms with Crippen molar-refractivity contribution in [3.8, 4) is 5.75 Å². The number of fused-ring (bicyclic) bond motifs is 1. The minimum atomic E-state index is 0.0509. The van der Waals surface area contributed by atoms with Crippen molar-refractivity contribution in [1.82, 2.24) is 4.90 Å². The van der Waals surface area contributed by atoms with Gasteiger partial charge >= 0.3 is 6.03 Å². The van der Waals surface area contributed by atoms with E-state index in [9.17, 15) is 9.90 Å². The molecular formula is C14H18N2O2. The molecule has 3 rings (SSSR count). The molecule has 0 aliphatic carbocycles. The molecule has 4 nitrogen and oxygen atoms in total. The van der Waals surface area contributed by atoms with Gasteiger partial charge in [-0.15, -0.1) is 0 Å². The molecule has 0 atom stereocenters. The van der Waals surface area contributed by atoms with Gasteiger partial charge in [-0.25, -0.2) is 4.79 Å². The highest BCUT2D eigenvalue weighted by Crippen LogP contribution is 2.36. The Labute approximate surface area is 107 Å². The van der Waals surface area contributed by atoms with E-state index in [1.807, 2.05) is 17.0 Å². The molecule has 18 heavy (non-hydrogen) atoms. The molecule has 0 spiro atoms. The van der Waals surface area contributed by atoms with Crippen molar-refractivity contribution in [2.45, 2.75) is 25.7 Å². The van der Waals surface area contributed by atoms with E-state index in [-0.39, 0.29) is 11.8 Å². The molecule has 2 heterocycles. The number of urea groups is 1. The number of aromatic hydroxyl groups is 1. The van der Waals surface area contributed by atoms with Crippen LogP contribution in [-0.2, 0) is 6.42 Å². The molecule has 0 aromatic heterocycles. The summed E-state index contributed by atoms with van der Waals surface area (Å²) < 4.78 is 0. The molecule has 1 saturated heterocycles. The smallest absolute Gasteiger partial charge is 0.324 e. The minimum Gasteiger partial charge on any atom is -0.506 e. The number of anilines is 1. The summed E-state index contributed by atoms with van der Waals surface area (Å²) in [6.45, 7) is 2.40. The molecule has 0 unspecified atom stereocenters. The van der Waals surface area contributed by atoms with Crippen molar-refractivity contribution in [3.63, 3.8) is 0 Å². The van der Waals surface area contributed by atoms with Crippen LogP contribution in [0.3, 0.4) is 0 Å². The van der Waals surface area contributed by atoms with Gasteiger partial charge in [0, 0.05) is 19.6 Å². The quantitative estimate of drug-likeness (QED) is 0.763. The highest BCUT2D eigenvalue weighted by molar-refractivity contribution is 5.95. The van der Waals surface area contributed by atoms with Gasteiger partial charge in [0.2, 0.25) is 0 Å². The molecule has 0 bridgehead atoms. The molecule has 2 aliphatic heterocycles. The number of para-hydroxylation sites is 1. The van der Waals surface area contributed by atoms with E-state index in [2.05, 4.69) is 0 Å². The van der Waals surface area contributed by atoms with Crippen LogP contribution in [-0.4, -0.2) is 35.7 Å². The number of carbonyl (C=O) groups excluding carboxylic acids is 1. The van der Waals surface area contributed by atoms with Crippen LogP contribution in [0, 0.1) is 0 Å². The Balaban J connectivity index is 1.93. The Hall–Kier alpha value is -1.71. The average molecular weight is 246 g/mol. The number of likely N-dealkylation sites (tertiary alicyclic amines) is 1. The third-order valence-electron chi connectivity index (χ3n) is 3.80. The van der Waals surface area contributed by atoms with Crippen LogP contribution in [0.1, 0.15) is 24.8 Å². The number of aryl methyl sites for hydroxylation is 1. The summed E-state index contributed by atoms with van der Waals surface area (Å²) in [6.07, 6.45) is 4.09. The predicted molar refractivity (Wildman–Crippen MR) is 70.0 cm³/mol. The van der Waals surface area contributed by atoms with Crippen LogP contribution < -0.4 is 4.90 Å². The van der Waals surface area contributed by atoms with Crippen molar-refractivity contribution in [3.05, 3.63) is 23.8 Å². The Kier molecular flexibility index (Phi) is 2.86. The number of hydrogen-bond acceptors (Lipinski definition) is 2. The Morgan fingerprint density at radius 2 is 1.89 bits per heavy atom. The zero-order valence-electron chi connectivity index (χ0n) is 10.4. The van der Waals surface area contributed by atoms with Gasteiger partial charge in [0.25, 0.3) is 0 Å². The number of nitrogens with zero attached hydrogens (tertiary/aromatic N) is 2. The molecule has 96 valence electrons. The number of carbonyl (C=O) groups is 1. The third kappa shape index (κ3) is 1.82. The van der Waals surface area contributed by atoms with Crippen molar-refractivity contribution in [2.75, 3.05) is 24.5 Å². The number of rotatable bonds is 0. The number of phenolic OH excluding ortho intramolecular Hbond substituents is 1. The van der Waals surface area contributed by atoms with Gasteiger partial charge < -0.3 is 10.0 Å². The highest BCUT2D eigenvalue weighted by Gasteiger charge is 2.29. The average Bonchev–Trinajstić information content (AvgIpc) is 2.91. The van der Waals surface area contributed by atoms with E-state index in [1.54, 1.807) is 11.0 Å². The summed E-state index contributed by atoms with van der Waals surface area (Å²) in [6, 6.07) is 5.56. The minimum absolute atomic E-state index is 0.0509. The fraction of sp³-hybridized carbons (Fsp3) is 0.500. The summed E-state index contributed by atoms with van der Waals surface area (Å²) in [5.74, 6) is 0.222. The molecule has 1 aromatic rings. The SMILES string of the molecule is O=C(N1CCCC1)N1CCCc2cccc(O)c21. The number of benzene rings is 1. The molecule has 0 radical (unpaired) electrons. The molecule has 4 heteroatoms. The molecule has 2 amide bonds. The molecule has 1 N–H and O–H groups in total. The lowest BCUT2D eigenvalue weighted by Gasteiger charge is -2.33. The van der Waals surface area contributed by atoms with E-state index in [0.29, 0.717) is 6.54 Å². The van der Waals surface area contributed by atoms with Crippen LogP contribution in [0.5, 0.6) is 5.75 Å². The highest BCUT2D eigenvalue weighted by atomic mass is 16.3. The summed E-state index contributed by atoms with van der Waals surface area (Å²) in [7, 11) is 0. The molecular weight excluding hydrogens is 228 g/mol. The van der Waals surface area contributed by atoms with E-state index in [0.717, 1.165) is 50.0 Å². The standard InChI is InChI=1S/C14H18N2O2/c17-12-7-3-5-11-6-4-10-16(13(11)12)14(18)15-8-1-2-9-15/h3,5,7,17H,1-2,4,6,8-10H2. The van der Waals surface area contributed by atoms with E-state index in [4.69, 9.17) is 0 Å². The van der Waals surface area contributed by atoms with E-state index in [1.165, 1.54) is 0 Å². The van der Waals surface area contributed by atoms with Gasteiger partial charge in [-0.1, -0.05) is 12.1 Å². The second kappa shape index (κ2) is 4.52. The van der Waals surface area contributed by atoms with Crippen molar-refractivity contribution in [1.29, 1.82) is 0 Å². The van der Waals surface area contributed by atoms with Crippen LogP contribution in [0.4, 0.5) is 10.5 Å². The first-order chi connectivity index (χ1) is 8.77. The van der Waals surface area contributed by atoms with Crippen molar-refractivity contribution >= 4 is 11.7 Å². The Morgan fingerprint density at radius 1 is 1.11 bits per heavy atom. The first-order valence-corrected chi connectivity index (χ1v) is 6.64. The van der Waals surface area contributed by atoms with Gasteiger partial charge in [-0.2, -0.15) is 0 Å². The maximum Gasteiger partial charge on any atom is 0.324 e. The second-order valence-electron chi connectivity index (χ2n) is 5.02. The van der Waals surface area contributed by atoms with Gasteiger partial charge in [-0.3, -0.25) is 4.90 Å². The summed E-state index contributed by atoms with van der Waals surface area (Å²) in [4.78, 5) is 16.1. The molecule has 1 fully saturated rings. The van der Waals surface area contributed by atoms with Gasteiger partial charge in [-0.05, 0) is 37.3 Å². The number of hydrogen-bond donors (Lipinski definition) is 1. The summed E-state index contributed by atoms with van der Waals surface area (Å²) in [5.41, 5.74) is 1.80. The first-order valence-electron chi connectivity index (χ1n) is 6.64. The van der Waals surface area contributed by atoms with E-state index >= 15 is 0 Å². The van der Waals surface area contributed by atoms with Crippen molar-refractivity contribution < 1.29 is 9.90 Å². The number of amides is 2. The van der Waals surface area contributed by atoms with Crippen molar-refractivity contribution in [2.24, 2.45) is 0 Å². The zero-order chi connectivity index (χ0) is 12.5. The van der Waals surface area contributed by atoms with Gasteiger partial charge in [0.15, 0.2) is 0 Å². The first kappa shape index (κ1) is 11.4. The topological polar surface area (TPSA) is 43.8 Å². The van der Waals surface area contributed by atoms with Crippen LogP contribution in [0.25, 0.3) is 0 Å². The maximum atomic E-state index is 12.5. The normalized spacial score (nSPS) is 18.9. The summed E-state index contributed by atoms with van der Waals surface area (Å²) >= 11 is 0. The second-order valence-corrected chi connectivity index (χ2v) is 5.02. The van der Waals surface area contributed by atoms with Crippen LogP contribution in [0.2, 0.25) is 0 Å². The maximum absolute atomic E-state index is 12.5. The van der Waals surface area contributed by atoms with E-state index < -0.39 is 0 Å². The molecule has 2 aliphatic rings.